The Morgan fingerprint density at radius 3 is 1.40 bits per heavy atom. The van der Waals surface area contributed by atoms with Gasteiger partial charge in [-0.1, -0.05) is 167 Å². The second kappa shape index (κ2) is 32.4. The van der Waals surface area contributed by atoms with Crippen LogP contribution in [0.2, 0.25) is 0 Å². The topological polar surface area (TPSA) is 110 Å². The smallest absolute Gasteiger partial charge is 0.249 e. The molecule has 0 saturated carbocycles. The molecule has 0 aliphatic rings. The standard InChI is InChI=1S/C37H73NO5/c1-3-5-7-9-11-12-13-14-15-16-17-18-19-20-21-22-23-24-25-27-29-31-35(41)37(43)38-33(32-39)36(42)34(40)30-28-26-10-8-6-4-2/h8,10,33-36,39-42H,3-7,9,11-32H2,1-2H3,(H,38,43)/b10-8+. The lowest BCUT2D eigenvalue weighted by molar-refractivity contribution is -0.132. The zero-order valence-corrected chi connectivity index (χ0v) is 28.5. The van der Waals surface area contributed by atoms with Gasteiger partial charge in [-0.2, -0.15) is 0 Å². The molecule has 43 heavy (non-hydrogen) atoms. The Morgan fingerprint density at radius 1 is 0.558 bits per heavy atom. The first-order chi connectivity index (χ1) is 21.0. The van der Waals surface area contributed by atoms with Crippen molar-refractivity contribution in [2.24, 2.45) is 0 Å². The molecule has 256 valence electrons. The maximum absolute atomic E-state index is 12.4. The van der Waals surface area contributed by atoms with E-state index in [1.54, 1.807) is 0 Å². The van der Waals surface area contributed by atoms with Gasteiger partial charge in [0.2, 0.25) is 5.91 Å². The maximum atomic E-state index is 12.4. The van der Waals surface area contributed by atoms with Crippen LogP contribution in [0.4, 0.5) is 0 Å². The third-order valence-electron chi connectivity index (χ3n) is 8.71. The summed E-state index contributed by atoms with van der Waals surface area (Å²) < 4.78 is 0. The van der Waals surface area contributed by atoms with Crippen molar-refractivity contribution >= 4 is 5.91 Å². The third-order valence-corrected chi connectivity index (χ3v) is 8.71. The van der Waals surface area contributed by atoms with E-state index in [0.29, 0.717) is 19.3 Å². The second-order valence-electron chi connectivity index (χ2n) is 12.9. The average molecular weight is 612 g/mol. The van der Waals surface area contributed by atoms with Crippen LogP contribution < -0.4 is 5.32 Å². The fraction of sp³-hybridized carbons (Fsp3) is 0.919. The van der Waals surface area contributed by atoms with Gasteiger partial charge >= 0.3 is 0 Å². The molecule has 0 aromatic heterocycles. The van der Waals surface area contributed by atoms with Crippen molar-refractivity contribution in [2.45, 2.75) is 212 Å². The summed E-state index contributed by atoms with van der Waals surface area (Å²) in [6.45, 7) is 3.91. The first-order valence-corrected chi connectivity index (χ1v) is 18.6. The van der Waals surface area contributed by atoms with Gasteiger partial charge in [0.1, 0.15) is 12.2 Å². The zero-order chi connectivity index (χ0) is 31.8. The second-order valence-corrected chi connectivity index (χ2v) is 12.9. The van der Waals surface area contributed by atoms with Crippen LogP contribution in [0.5, 0.6) is 0 Å². The van der Waals surface area contributed by atoms with E-state index in [2.05, 4.69) is 31.3 Å². The molecule has 0 aliphatic heterocycles. The molecule has 5 N–H and O–H groups in total. The van der Waals surface area contributed by atoms with Gasteiger partial charge in [0.05, 0.1) is 18.8 Å². The monoisotopic (exact) mass is 612 g/mol. The zero-order valence-electron chi connectivity index (χ0n) is 28.5. The Hall–Kier alpha value is -0.950. The van der Waals surface area contributed by atoms with Crippen LogP contribution >= 0.6 is 0 Å². The number of hydrogen-bond acceptors (Lipinski definition) is 5. The van der Waals surface area contributed by atoms with Gasteiger partial charge in [0.15, 0.2) is 0 Å². The van der Waals surface area contributed by atoms with E-state index in [-0.39, 0.29) is 0 Å². The molecule has 0 rings (SSSR count). The molecule has 1 amide bonds. The fourth-order valence-corrected chi connectivity index (χ4v) is 5.70. The highest BCUT2D eigenvalue weighted by atomic mass is 16.3. The van der Waals surface area contributed by atoms with E-state index < -0.39 is 36.9 Å². The molecule has 0 heterocycles. The summed E-state index contributed by atoms with van der Waals surface area (Å²) in [7, 11) is 0. The van der Waals surface area contributed by atoms with Gasteiger partial charge in [-0.05, 0) is 32.1 Å². The number of nitrogens with one attached hydrogen (secondary N) is 1. The van der Waals surface area contributed by atoms with E-state index in [0.717, 1.165) is 38.5 Å². The van der Waals surface area contributed by atoms with Crippen molar-refractivity contribution in [3.63, 3.8) is 0 Å². The van der Waals surface area contributed by atoms with Crippen molar-refractivity contribution in [1.29, 1.82) is 0 Å². The highest BCUT2D eigenvalue weighted by molar-refractivity contribution is 5.80. The van der Waals surface area contributed by atoms with E-state index in [1.165, 1.54) is 116 Å². The summed E-state index contributed by atoms with van der Waals surface area (Å²) in [6, 6.07) is -0.993. The number of carbonyl (C=O) groups excluding carboxylic acids is 1. The molecule has 0 aliphatic carbocycles. The lowest BCUT2D eigenvalue weighted by Crippen LogP contribution is -2.53. The fourth-order valence-electron chi connectivity index (χ4n) is 5.70. The van der Waals surface area contributed by atoms with Crippen molar-refractivity contribution in [2.75, 3.05) is 6.61 Å². The minimum atomic E-state index is -1.27. The Morgan fingerprint density at radius 2 is 0.977 bits per heavy atom. The predicted molar refractivity (Wildman–Crippen MR) is 182 cm³/mol. The van der Waals surface area contributed by atoms with Gasteiger partial charge in [0.25, 0.3) is 0 Å². The van der Waals surface area contributed by atoms with Gasteiger partial charge in [0, 0.05) is 0 Å². The van der Waals surface area contributed by atoms with Crippen LogP contribution in [0.1, 0.15) is 187 Å². The van der Waals surface area contributed by atoms with Crippen LogP contribution in [-0.4, -0.2) is 57.3 Å². The number of amides is 1. The molecule has 6 nitrogen and oxygen atoms in total. The Balaban J connectivity index is 3.64. The van der Waals surface area contributed by atoms with Crippen LogP contribution in [0, 0.1) is 0 Å². The quantitative estimate of drug-likeness (QED) is 0.0377. The minimum absolute atomic E-state index is 0.367. The number of aliphatic hydroxyl groups excluding tert-OH is 4. The van der Waals surface area contributed by atoms with Crippen LogP contribution in [0.3, 0.4) is 0 Å². The van der Waals surface area contributed by atoms with Crippen LogP contribution in [0.25, 0.3) is 0 Å². The molecular formula is C37H73NO5. The number of unbranched alkanes of at least 4 members (excludes halogenated alkanes) is 22. The SMILES string of the molecule is CCC/C=C/CCCC(O)C(O)C(CO)NC(=O)C(O)CCCCCCCCCCCCCCCCCCCCCCC. The van der Waals surface area contributed by atoms with Crippen molar-refractivity contribution in [1.82, 2.24) is 5.32 Å². The largest absolute Gasteiger partial charge is 0.394 e. The molecular weight excluding hydrogens is 538 g/mol. The van der Waals surface area contributed by atoms with Crippen molar-refractivity contribution in [3.05, 3.63) is 12.2 Å². The number of rotatable bonds is 33. The lowest BCUT2D eigenvalue weighted by atomic mass is 10.00. The predicted octanol–water partition coefficient (Wildman–Crippen LogP) is 8.67. The first-order valence-electron chi connectivity index (χ1n) is 18.6. The molecule has 0 radical (unpaired) electrons. The normalized spacial score (nSPS) is 14.7. The maximum Gasteiger partial charge on any atom is 0.249 e. The molecule has 4 unspecified atom stereocenters. The van der Waals surface area contributed by atoms with E-state index in [1.807, 2.05) is 0 Å². The van der Waals surface area contributed by atoms with Gasteiger partial charge in [-0.25, -0.2) is 0 Å². The molecule has 4 atom stereocenters. The molecule has 0 aromatic carbocycles. The Bertz CT molecular complexity index is 614. The summed E-state index contributed by atoms with van der Waals surface area (Å²) in [6.07, 6.45) is 32.8. The van der Waals surface area contributed by atoms with Crippen molar-refractivity contribution in [3.8, 4) is 0 Å². The molecule has 0 fully saturated rings. The summed E-state index contributed by atoms with van der Waals surface area (Å²) in [5, 5.41) is 43.0. The Kier molecular flexibility index (Phi) is 31.7. The summed E-state index contributed by atoms with van der Waals surface area (Å²) in [4.78, 5) is 12.4. The highest BCUT2D eigenvalue weighted by Crippen LogP contribution is 2.16. The van der Waals surface area contributed by atoms with E-state index in [4.69, 9.17) is 0 Å². The third kappa shape index (κ3) is 27.1. The number of aliphatic hydroxyl groups is 4. The highest BCUT2D eigenvalue weighted by Gasteiger charge is 2.28. The van der Waals surface area contributed by atoms with Crippen molar-refractivity contribution < 1.29 is 25.2 Å². The van der Waals surface area contributed by atoms with Gasteiger partial charge in [-0.15, -0.1) is 0 Å². The summed E-state index contributed by atoms with van der Waals surface area (Å²) in [5.74, 6) is -0.596. The molecule has 0 spiro atoms. The average Bonchev–Trinajstić information content (AvgIpc) is 3.01. The van der Waals surface area contributed by atoms with E-state index >= 15 is 0 Å². The summed E-state index contributed by atoms with van der Waals surface area (Å²) in [5.41, 5.74) is 0. The number of hydrogen-bond donors (Lipinski definition) is 5. The van der Waals surface area contributed by atoms with Crippen LogP contribution in [-0.2, 0) is 4.79 Å². The Labute approximate surface area is 266 Å². The molecule has 6 heteroatoms. The van der Waals surface area contributed by atoms with E-state index in [9.17, 15) is 25.2 Å². The van der Waals surface area contributed by atoms with Crippen LogP contribution in [0.15, 0.2) is 12.2 Å². The van der Waals surface area contributed by atoms with Gasteiger partial charge in [-0.3, -0.25) is 4.79 Å². The molecule has 0 aromatic rings. The first kappa shape index (κ1) is 42.0. The number of allylic oxidation sites excluding steroid dienone is 2. The molecule has 0 saturated heterocycles. The minimum Gasteiger partial charge on any atom is -0.394 e. The van der Waals surface area contributed by atoms with Gasteiger partial charge < -0.3 is 25.7 Å². The lowest BCUT2D eigenvalue weighted by Gasteiger charge is -2.27. The summed E-state index contributed by atoms with van der Waals surface area (Å²) >= 11 is 0. The number of carbonyl (C=O) groups is 1. The molecule has 0 bridgehead atoms.